The number of hydrogen-bond acceptors (Lipinski definition) is 6. The smallest absolute Gasteiger partial charge is 0.191 e. The van der Waals surface area contributed by atoms with Crippen LogP contribution in [-0.2, 0) is 9.84 Å². The standard InChI is InChI=1S/C17H30N4O3S2/c1-2-18-17(19-8-11-21-9-4-3-5-10-21)20-13-15(22)14-26(23,24)16-7-6-12-25-16/h6-7,12,15,22H,2-5,8-11,13-14H2,1H3,(H2,18,19,20). The number of hydrogen-bond donors (Lipinski definition) is 3. The molecule has 148 valence electrons. The molecule has 0 aliphatic carbocycles. The van der Waals surface area contributed by atoms with Crippen molar-refractivity contribution in [1.29, 1.82) is 0 Å². The second kappa shape index (κ2) is 10.9. The molecule has 0 aromatic carbocycles. The summed E-state index contributed by atoms with van der Waals surface area (Å²) in [6.45, 7) is 6.75. The molecule has 26 heavy (non-hydrogen) atoms. The third-order valence-corrected chi connectivity index (χ3v) is 7.47. The van der Waals surface area contributed by atoms with Gasteiger partial charge in [0.15, 0.2) is 15.8 Å². The van der Waals surface area contributed by atoms with Crippen LogP contribution in [0, 0.1) is 0 Å². The van der Waals surface area contributed by atoms with Crippen LogP contribution >= 0.6 is 11.3 Å². The number of rotatable bonds is 9. The van der Waals surface area contributed by atoms with Gasteiger partial charge in [0.2, 0.25) is 0 Å². The van der Waals surface area contributed by atoms with Crippen molar-refractivity contribution < 1.29 is 13.5 Å². The summed E-state index contributed by atoms with van der Waals surface area (Å²) >= 11 is 1.16. The normalized spacial score (nSPS) is 17.8. The Labute approximate surface area is 160 Å². The number of aliphatic hydroxyl groups excluding tert-OH is 1. The van der Waals surface area contributed by atoms with E-state index in [1.807, 2.05) is 6.92 Å². The van der Waals surface area contributed by atoms with E-state index >= 15 is 0 Å². The maximum atomic E-state index is 12.2. The number of guanidine groups is 1. The van der Waals surface area contributed by atoms with Gasteiger partial charge in [-0.25, -0.2) is 8.42 Å². The minimum Gasteiger partial charge on any atom is -0.390 e. The van der Waals surface area contributed by atoms with Gasteiger partial charge < -0.3 is 20.6 Å². The molecule has 0 amide bonds. The fraction of sp³-hybridized carbons (Fsp3) is 0.706. The lowest BCUT2D eigenvalue weighted by Gasteiger charge is -2.26. The molecule has 0 radical (unpaired) electrons. The van der Waals surface area contributed by atoms with Crippen molar-refractivity contribution in [3.8, 4) is 0 Å². The summed E-state index contributed by atoms with van der Waals surface area (Å²) in [5.41, 5.74) is 0. The third-order valence-electron chi connectivity index (χ3n) is 4.19. The van der Waals surface area contributed by atoms with E-state index in [1.54, 1.807) is 17.5 Å². The van der Waals surface area contributed by atoms with E-state index in [2.05, 4.69) is 20.5 Å². The van der Waals surface area contributed by atoms with Crippen LogP contribution in [-0.4, -0.2) is 75.5 Å². The van der Waals surface area contributed by atoms with Gasteiger partial charge in [-0.2, -0.15) is 0 Å². The lowest BCUT2D eigenvalue weighted by Crippen LogP contribution is -2.43. The van der Waals surface area contributed by atoms with E-state index in [4.69, 9.17) is 0 Å². The number of nitrogens with zero attached hydrogens (tertiary/aromatic N) is 2. The predicted octanol–water partition coefficient (Wildman–Crippen LogP) is 0.924. The Morgan fingerprint density at radius 1 is 1.35 bits per heavy atom. The second-order valence-electron chi connectivity index (χ2n) is 6.42. The van der Waals surface area contributed by atoms with Crippen LogP contribution in [0.1, 0.15) is 26.2 Å². The Hall–Kier alpha value is -1.16. The van der Waals surface area contributed by atoms with Crippen molar-refractivity contribution >= 4 is 27.1 Å². The van der Waals surface area contributed by atoms with Crippen LogP contribution < -0.4 is 10.6 Å². The van der Waals surface area contributed by atoms with Gasteiger partial charge in [-0.3, -0.25) is 4.99 Å². The molecular formula is C17H30N4O3S2. The number of piperidine rings is 1. The van der Waals surface area contributed by atoms with Gasteiger partial charge in [-0.1, -0.05) is 12.5 Å². The van der Waals surface area contributed by atoms with Gasteiger partial charge in [0.05, 0.1) is 18.4 Å². The number of nitrogens with one attached hydrogen (secondary N) is 2. The molecule has 2 rings (SSSR count). The SMILES string of the molecule is CCNC(=NCC(O)CS(=O)(=O)c1cccs1)NCCN1CCCCC1. The molecule has 1 fully saturated rings. The van der Waals surface area contributed by atoms with E-state index in [0.29, 0.717) is 12.5 Å². The Morgan fingerprint density at radius 2 is 2.12 bits per heavy atom. The molecule has 2 heterocycles. The van der Waals surface area contributed by atoms with Crippen LogP contribution in [0.4, 0.5) is 0 Å². The van der Waals surface area contributed by atoms with Crippen molar-refractivity contribution in [3.63, 3.8) is 0 Å². The third kappa shape index (κ3) is 7.22. The van der Waals surface area contributed by atoms with Crippen LogP contribution in [0.3, 0.4) is 0 Å². The van der Waals surface area contributed by atoms with Crippen molar-refractivity contribution in [2.75, 3.05) is 45.0 Å². The lowest BCUT2D eigenvalue weighted by molar-refractivity contribution is 0.206. The Kier molecular flexibility index (Phi) is 8.83. The monoisotopic (exact) mass is 402 g/mol. The highest BCUT2D eigenvalue weighted by molar-refractivity contribution is 7.93. The number of sulfone groups is 1. The average molecular weight is 403 g/mol. The highest BCUT2D eigenvalue weighted by atomic mass is 32.2. The molecule has 3 N–H and O–H groups in total. The van der Waals surface area contributed by atoms with E-state index in [1.165, 1.54) is 19.3 Å². The quantitative estimate of drug-likeness (QED) is 0.420. The van der Waals surface area contributed by atoms with E-state index in [-0.39, 0.29) is 16.5 Å². The lowest BCUT2D eigenvalue weighted by atomic mass is 10.1. The van der Waals surface area contributed by atoms with Crippen molar-refractivity contribution in [1.82, 2.24) is 15.5 Å². The molecular weight excluding hydrogens is 372 g/mol. The molecule has 9 heteroatoms. The van der Waals surface area contributed by atoms with Crippen LogP contribution in [0.5, 0.6) is 0 Å². The molecule has 0 spiro atoms. The molecule has 1 aromatic rings. The summed E-state index contributed by atoms with van der Waals surface area (Å²) in [4.78, 5) is 6.76. The molecule has 1 aliphatic rings. The van der Waals surface area contributed by atoms with Gasteiger partial charge in [-0.15, -0.1) is 11.3 Å². The van der Waals surface area contributed by atoms with Gasteiger partial charge in [0.25, 0.3) is 0 Å². The van der Waals surface area contributed by atoms with Gasteiger partial charge in [0, 0.05) is 19.6 Å². The molecule has 1 aliphatic heterocycles. The Morgan fingerprint density at radius 3 is 2.77 bits per heavy atom. The highest BCUT2D eigenvalue weighted by Crippen LogP contribution is 2.18. The van der Waals surface area contributed by atoms with Crippen LogP contribution in [0.2, 0.25) is 0 Å². The number of aliphatic imine (C=N–C) groups is 1. The fourth-order valence-electron chi connectivity index (χ4n) is 2.88. The first-order valence-corrected chi connectivity index (χ1v) is 11.7. The molecule has 7 nitrogen and oxygen atoms in total. The van der Waals surface area contributed by atoms with Crippen molar-refractivity contribution in [2.45, 2.75) is 36.5 Å². The Balaban J connectivity index is 1.79. The highest BCUT2D eigenvalue weighted by Gasteiger charge is 2.20. The second-order valence-corrected chi connectivity index (χ2v) is 9.62. The molecule has 0 saturated carbocycles. The first-order chi connectivity index (χ1) is 12.5. The summed E-state index contributed by atoms with van der Waals surface area (Å²) in [7, 11) is -3.46. The predicted molar refractivity (Wildman–Crippen MR) is 107 cm³/mol. The minimum atomic E-state index is -3.46. The molecule has 1 atom stereocenters. The summed E-state index contributed by atoms with van der Waals surface area (Å²) < 4.78 is 24.7. The van der Waals surface area contributed by atoms with E-state index < -0.39 is 15.9 Å². The van der Waals surface area contributed by atoms with Gasteiger partial charge in [0.1, 0.15) is 4.21 Å². The van der Waals surface area contributed by atoms with E-state index in [0.717, 1.165) is 37.5 Å². The maximum Gasteiger partial charge on any atom is 0.191 e. The van der Waals surface area contributed by atoms with Gasteiger partial charge >= 0.3 is 0 Å². The number of likely N-dealkylation sites (tertiary alicyclic amines) is 1. The first-order valence-electron chi connectivity index (χ1n) is 9.20. The topological polar surface area (TPSA) is 94.0 Å². The molecule has 1 aromatic heterocycles. The minimum absolute atomic E-state index is 0.0453. The summed E-state index contributed by atoms with van der Waals surface area (Å²) in [6, 6.07) is 3.25. The summed E-state index contributed by atoms with van der Waals surface area (Å²) in [6.07, 6.45) is 2.82. The molecule has 1 unspecified atom stereocenters. The number of aliphatic hydroxyl groups is 1. The van der Waals surface area contributed by atoms with Crippen LogP contribution in [0.15, 0.2) is 26.7 Å². The maximum absolute atomic E-state index is 12.2. The zero-order valence-corrected chi connectivity index (χ0v) is 17.0. The Bertz CT molecular complexity index is 641. The summed E-state index contributed by atoms with van der Waals surface area (Å²) in [5, 5.41) is 18.2. The molecule has 0 bridgehead atoms. The average Bonchev–Trinajstić information content (AvgIpc) is 3.16. The largest absolute Gasteiger partial charge is 0.390 e. The fourth-order valence-corrected chi connectivity index (χ4v) is 5.35. The van der Waals surface area contributed by atoms with Gasteiger partial charge in [-0.05, 0) is 44.3 Å². The van der Waals surface area contributed by atoms with E-state index in [9.17, 15) is 13.5 Å². The zero-order valence-electron chi connectivity index (χ0n) is 15.4. The van der Waals surface area contributed by atoms with Crippen molar-refractivity contribution in [3.05, 3.63) is 17.5 Å². The van der Waals surface area contributed by atoms with Crippen molar-refractivity contribution in [2.24, 2.45) is 4.99 Å². The molecule has 1 saturated heterocycles. The zero-order chi connectivity index (χ0) is 18.8. The first kappa shape index (κ1) is 21.1. The summed E-state index contributed by atoms with van der Waals surface area (Å²) in [5.74, 6) is 0.293. The number of thiophene rings is 1. The van der Waals surface area contributed by atoms with Crippen LogP contribution in [0.25, 0.3) is 0 Å².